The number of nitrogens with zero attached hydrogens (tertiary/aromatic N) is 4. The maximum Gasteiger partial charge on any atom is 0.251 e. The number of hydrogen-bond donors (Lipinski definition) is 1. The Kier molecular flexibility index (Phi) is 9.19. The van der Waals surface area contributed by atoms with Crippen LogP contribution in [0.4, 0.5) is 5.13 Å². The summed E-state index contributed by atoms with van der Waals surface area (Å²) >= 11 is 1.68. The Morgan fingerprint density at radius 2 is 1.76 bits per heavy atom. The first-order valence-corrected chi connectivity index (χ1v) is 16.0. The summed E-state index contributed by atoms with van der Waals surface area (Å²) in [6.07, 6.45) is 0. The summed E-state index contributed by atoms with van der Waals surface area (Å²) in [5.41, 5.74) is 2.34. The van der Waals surface area contributed by atoms with Gasteiger partial charge in [0.25, 0.3) is 5.91 Å². The van der Waals surface area contributed by atoms with Crippen molar-refractivity contribution in [2.75, 3.05) is 57.8 Å². The van der Waals surface area contributed by atoms with Gasteiger partial charge in [0.2, 0.25) is 10.0 Å². The fraction of sp³-hybridized carbons (Fsp3) is 0.333. The van der Waals surface area contributed by atoms with Gasteiger partial charge in [0.1, 0.15) is 5.75 Å². The van der Waals surface area contributed by atoms with Gasteiger partial charge in [0.15, 0.2) is 5.13 Å². The molecule has 0 spiro atoms. The lowest BCUT2D eigenvalue weighted by molar-refractivity contribution is 0.0947. The van der Waals surface area contributed by atoms with Crippen LogP contribution in [0.15, 0.2) is 77.7 Å². The van der Waals surface area contributed by atoms with Crippen molar-refractivity contribution in [1.82, 2.24) is 19.5 Å². The molecule has 41 heavy (non-hydrogen) atoms. The van der Waals surface area contributed by atoms with Crippen LogP contribution in [-0.2, 0) is 16.6 Å². The lowest BCUT2D eigenvalue weighted by Gasteiger charge is -2.34. The molecule has 0 saturated carbocycles. The van der Waals surface area contributed by atoms with Crippen molar-refractivity contribution in [1.29, 1.82) is 0 Å². The molecule has 1 N–H and O–H groups in total. The Balaban J connectivity index is 1.09. The third-order valence-electron chi connectivity index (χ3n) is 7.25. The number of thiazole rings is 1. The summed E-state index contributed by atoms with van der Waals surface area (Å²) in [6, 6.07) is 21.6. The zero-order valence-electron chi connectivity index (χ0n) is 23.3. The van der Waals surface area contributed by atoms with E-state index in [1.807, 2.05) is 55.5 Å². The number of piperazine rings is 1. The standard InChI is InChI=1S/C30H35N5O4S2/c1-3-35(22-23-7-5-4-6-8-23)41(37,38)26-12-9-24(10-13-26)29(36)31-15-16-33-17-19-34(20-18-33)30-32-27-14-11-25(39-2)21-28(27)40-30/h4-14,21H,3,15-20,22H2,1-2H3,(H,31,36). The molecular weight excluding hydrogens is 558 g/mol. The number of fused-ring (bicyclic) bond motifs is 1. The Hall–Kier alpha value is -3.51. The molecule has 11 heteroatoms. The average molecular weight is 594 g/mol. The second-order valence-corrected chi connectivity index (χ2v) is 12.8. The van der Waals surface area contributed by atoms with Gasteiger partial charge >= 0.3 is 0 Å². The SMILES string of the molecule is CCN(Cc1ccccc1)S(=O)(=O)c1ccc(C(=O)NCCN2CCN(c3nc4ccc(OC)cc4s3)CC2)cc1. The molecule has 1 fully saturated rings. The minimum Gasteiger partial charge on any atom is -0.497 e. The van der Waals surface area contributed by atoms with E-state index >= 15 is 0 Å². The molecule has 0 aliphatic carbocycles. The number of aromatic nitrogens is 1. The van der Waals surface area contributed by atoms with Crippen molar-refractivity contribution in [3.8, 4) is 5.75 Å². The first-order chi connectivity index (χ1) is 19.9. The van der Waals surface area contributed by atoms with E-state index in [-0.39, 0.29) is 10.8 Å². The number of carbonyl (C=O) groups is 1. The van der Waals surface area contributed by atoms with Crippen molar-refractivity contribution in [3.63, 3.8) is 0 Å². The summed E-state index contributed by atoms with van der Waals surface area (Å²) in [7, 11) is -2.01. The number of anilines is 1. The van der Waals surface area contributed by atoms with Crippen LogP contribution in [0.2, 0.25) is 0 Å². The van der Waals surface area contributed by atoms with Crippen LogP contribution in [0.5, 0.6) is 5.75 Å². The topological polar surface area (TPSA) is 95.1 Å². The highest BCUT2D eigenvalue weighted by molar-refractivity contribution is 7.89. The van der Waals surface area contributed by atoms with Gasteiger partial charge in [-0.2, -0.15) is 4.31 Å². The third-order valence-corrected chi connectivity index (χ3v) is 10.3. The summed E-state index contributed by atoms with van der Waals surface area (Å²) in [5.74, 6) is 0.622. The molecule has 2 heterocycles. The second-order valence-electron chi connectivity index (χ2n) is 9.86. The van der Waals surface area contributed by atoms with Crippen molar-refractivity contribution in [2.45, 2.75) is 18.4 Å². The fourth-order valence-corrected chi connectivity index (χ4v) is 7.31. The maximum atomic E-state index is 13.2. The normalized spacial score (nSPS) is 14.5. The van der Waals surface area contributed by atoms with Crippen molar-refractivity contribution >= 4 is 42.6 Å². The van der Waals surface area contributed by atoms with Crippen LogP contribution in [0.25, 0.3) is 10.2 Å². The predicted octanol–water partition coefficient (Wildman–Crippen LogP) is 4.07. The van der Waals surface area contributed by atoms with E-state index in [0.717, 1.165) is 59.4 Å². The van der Waals surface area contributed by atoms with Gasteiger partial charge in [-0.25, -0.2) is 13.4 Å². The Labute approximate surface area is 245 Å². The van der Waals surface area contributed by atoms with E-state index in [1.165, 1.54) is 16.4 Å². The predicted molar refractivity (Wildman–Crippen MR) is 163 cm³/mol. The highest BCUT2D eigenvalue weighted by Crippen LogP contribution is 2.31. The smallest absolute Gasteiger partial charge is 0.251 e. The van der Waals surface area contributed by atoms with Gasteiger partial charge in [0, 0.05) is 57.9 Å². The molecule has 4 aromatic rings. The van der Waals surface area contributed by atoms with Crippen molar-refractivity contribution < 1.29 is 17.9 Å². The van der Waals surface area contributed by atoms with Crippen molar-refractivity contribution in [3.05, 3.63) is 83.9 Å². The van der Waals surface area contributed by atoms with Gasteiger partial charge in [-0.05, 0) is 48.0 Å². The van der Waals surface area contributed by atoms with Crippen LogP contribution >= 0.6 is 11.3 Å². The molecule has 1 aliphatic rings. The van der Waals surface area contributed by atoms with Gasteiger partial charge in [0.05, 0.1) is 22.2 Å². The van der Waals surface area contributed by atoms with E-state index in [9.17, 15) is 13.2 Å². The lowest BCUT2D eigenvalue weighted by Crippen LogP contribution is -2.48. The number of carbonyl (C=O) groups excluding carboxylic acids is 1. The largest absolute Gasteiger partial charge is 0.497 e. The van der Waals surface area contributed by atoms with Gasteiger partial charge in [-0.3, -0.25) is 9.69 Å². The molecule has 0 bridgehead atoms. The molecule has 0 atom stereocenters. The van der Waals surface area contributed by atoms with Crippen LogP contribution in [0, 0.1) is 0 Å². The van der Waals surface area contributed by atoms with Crippen molar-refractivity contribution in [2.24, 2.45) is 0 Å². The first kappa shape index (κ1) is 29.0. The number of methoxy groups -OCH3 is 1. The number of benzene rings is 3. The minimum atomic E-state index is -3.68. The van der Waals surface area contributed by atoms with E-state index in [1.54, 1.807) is 30.6 Å². The summed E-state index contributed by atoms with van der Waals surface area (Å²) in [6.45, 7) is 7.25. The molecule has 1 saturated heterocycles. The Morgan fingerprint density at radius 1 is 1.02 bits per heavy atom. The van der Waals surface area contributed by atoms with Crippen LogP contribution in [0.1, 0.15) is 22.8 Å². The molecule has 0 unspecified atom stereocenters. The number of sulfonamides is 1. The summed E-state index contributed by atoms with van der Waals surface area (Å²) in [4.78, 5) is 22.3. The molecule has 5 rings (SSSR count). The quantitative estimate of drug-likeness (QED) is 0.280. The van der Waals surface area contributed by atoms with E-state index in [4.69, 9.17) is 9.72 Å². The average Bonchev–Trinajstić information content (AvgIpc) is 3.44. The maximum absolute atomic E-state index is 13.2. The fourth-order valence-electron chi connectivity index (χ4n) is 4.83. The molecule has 0 radical (unpaired) electrons. The van der Waals surface area contributed by atoms with Gasteiger partial charge < -0.3 is 15.0 Å². The molecule has 1 aromatic heterocycles. The van der Waals surface area contributed by atoms with Crippen LogP contribution < -0.4 is 15.0 Å². The van der Waals surface area contributed by atoms with E-state index in [2.05, 4.69) is 15.1 Å². The summed E-state index contributed by atoms with van der Waals surface area (Å²) in [5, 5.41) is 3.99. The Bertz CT molecular complexity index is 1570. The third kappa shape index (κ3) is 6.87. The number of nitrogens with one attached hydrogen (secondary N) is 1. The van der Waals surface area contributed by atoms with Gasteiger partial charge in [-0.1, -0.05) is 48.6 Å². The zero-order chi connectivity index (χ0) is 28.8. The number of hydrogen-bond acceptors (Lipinski definition) is 8. The molecule has 216 valence electrons. The number of amides is 1. The van der Waals surface area contributed by atoms with Crippen LogP contribution in [0.3, 0.4) is 0 Å². The molecule has 3 aromatic carbocycles. The highest BCUT2D eigenvalue weighted by Gasteiger charge is 2.24. The first-order valence-electron chi connectivity index (χ1n) is 13.7. The summed E-state index contributed by atoms with van der Waals surface area (Å²) < 4.78 is 34.3. The number of rotatable bonds is 11. The zero-order valence-corrected chi connectivity index (χ0v) is 25.0. The molecule has 9 nitrogen and oxygen atoms in total. The molecular formula is C30H35N5O4S2. The van der Waals surface area contributed by atoms with E-state index < -0.39 is 10.0 Å². The van der Waals surface area contributed by atoms with Crippen LogP contribution in [-0.4, -0.2) is 81.4 Å². The van der Waals surface area contributed by atoms with Gasteiger partial charge in [-0.15, -0.1) is 0 Å². The minimum absolute atomic E-state index is 0.178. The number of ether oxygens (including phenoxy) is 1. The molecule has 1 amide bonds. The highest BCUT2D eigenvalue weighted by atomic mass is 32.2. The Morgan fingerprint density at radius 3 is 2.44 bits per heavy atom. The molecule has 1 aliphatic heterocycles. The van der Waals surface area contributed by atoms with E-state index in [0.29, 0.717) is 25.2 Å². The monoisotopic (exact) mass is 593 g/mol. The lowest BCUT2D eigenvalue weighted by atomic mass is 10.2. The second kappa shape index (κ2) is 13.0.